The average Bonchev–Trinajstić information content (AvgIpc) is 2.63. The summed E-state index contributed by atoms with van der Waals surface area (Å²) in [7, 11) is 3.46. The number of methoxy groups -OCH3 is 1. The third-order valence-corrected chi connectivity index (χ3v) is 4.74. The summed E-state index contributed by atoms with van der Waals surface area (Å²) < 4.78 is 25.6. The molecule has 0 aromatic heterocycles. The van der Waals surface area contributed by atoms with E-state index in [9.17, 15) is 4.39 Å². The van der Waals surface area contributed by atoms with Crippen molar-refractivity contribution in [1.82, 2.24) is 10.2 Å². The molecule has 1 aromatic rings. The smallest absolute Gasteiger partial charge is 0.193 e. The Hall–Kier alpha value is -1.18. The van der Waals surface area contributed by atoms with Gasteiger partial charge < -0.3 is 19.7 Å². The molecule has 0 amide bonds. The van der Waals surface area contributed by atoms with E-state index in [0.29, 0.717) is 18.2 Å². The quantitative estimate of drug-likeness (QED) is 0.422. The van der Waals surface area contributed by atoms with Gasteiger partial charge in [-0.05, 0) is 37.5 Å². The summed E-state index contributed by atoms with van der Waals surface area (Å²) in [4.78, 5) is 6.53. The molecule has 1 aromatic carbocycles. The molecule has 5 nitrogen and oxygen atoms in total. The van der Waals surface area contributed by atoms with Crippen molar-refractivity contribution in [3.05, 3.63) is 34.1 Å². The normalized spacial score (nSPS) is 16.3. The van der Waals surface area contributed by atoms with E-state index in [-0.39, 0.29) is 5.82 Å². The van der Waals surface area contributed by atoms with Crippen LogP contribution in [0.3, 0.4) is 0 Å². The first-order chi connectivity index (χ1) is 12.1. The second-order valence-corrected chi connectivity index (χ2v) is 6.96. The van der Waals surface area contributed by atoms with Crippen molar-refractivity contribution in [3.63, 3.8) is 0 Å². The Bertz CT molecular complexity index is 563. The number of likely N-dealkylation sites (tertiary alicyclic amines) is 1. The zero-order valence-electron chi connectivity index (χ0n) is 14.9. The first-order valence-electron chi connectivity index (χ1n) is 8.64. The van der Waals surface area contributed by atoms with Crippen LogP contribution in [0.1, 0.15) is 24.8 Å². The predicted octanol–water partition coefficient (Wildman–Crippen LogP) is 3.18. The number of guanidine groups is 1. The van der Waals surface area contributed by atoms with Crippen LogP contribution in [-0.4, -0.2) is 57.4 Å². The highest BCUT2D eigenvalue weighted by molar-refractivity contribution is 9.10. The number of hydrogen-bond donors (Lipinski definition) is 1. The predicted molar refractivity (Wildman–Crippen MR) is 101 cm³/mol. The van der Waals surface area contributed by atoms with E-state index in [1.165, 1.54) is 6.07 Å². The fourth-order valence-corrected chi connectivity index (χ4v) is 3.28. The number of hydrogen-bond acceptors (Lipinski definition) is 3. The van der Waals surface area contributed by atoms with Crippen molar-refractivity contribution in [2.45, 2.75) is 31.9 Å². The Morgan fingerprint density at radius 2 is 2.12 bits per heavy atom. The molecule has 0 unspecified atom stereocenters. The number of rotatable bonds is 7. The molecule has 1 fully saturated rings. The lowest BCUT2D eigenvalue weighted by Gasteiger charge is -2.34. The molecule has 0 atom stereocenters. The van der Waals surface area contributed by atoms with Gasteiger partial charge in [-0.1, -0.05) is 15.9 Å². The molecule has 1 aliphatic heterocycles. The number of piperidine rings is 1. The molecule has 2 rings (SSSR count). The molecule has 1 saturated heterocycles. The first kappa shape index (κ1) is 20.1. The van der Waals surface area contributed by atoms with Gasteiger partial charge in [0, 0.05) is 57.0 Å². The summed E-state index contributed by atoms with van der Waals surface area (Å²) in [5.74, 6) is 0.589. The van der Waals surface area contributed by atoms with Gasteiger partial charge in [0.1, 0.15) is 5.82 Å². The standard InChI is InChI=1S/C18H27BrFN3O2/c1-21-18(22-13-14-12-15(19)4-5-17(14)20)23-8-6-16(7-9-23)25-11-3-10-24-2/h4-5,12,16H,3,6-11,13H2,1-2H3,(H,21,22). The second-order valence-electron chi connectivity index (χ2n) is 6.04. The SMILES string of the molecule is CN=C(NCc1cc(Br)ccc1F)N1CCC(OCCCOC)CC1. The van der Waals surface area contributed by atoms with Crippen LogP contribution >= 0.6 is 15.9 Å². The number of nitrogens with one attached hydrogen (secondary N) is 1. The highest BCUT2D eigenvalue weighted by Crippen LogP contribution is 2.17. The average molecular weight is 416 g/mol. The molecule has 25 heavy (non-hydrogen) atoms. The zero-order chi connectivity index (χ0) is 18.1. The maximum absolute atomic E-state index is 13.9. The van der Waals surface area contributed by atoms with Crippen molar-refractivity contribution < 1.29 is 13.9 Å². The van der Waals surface area contributed by atoms with Gasteiger partial charge in [0.15, 0.2) is 5.96 Å². The molecule has 1 aliphatic rings. The molecule has 1 N–H and O–H groups in total. The molecule has 140 valence electrons. The fourth-order valence-electron chi connectivity index (χ4n) is 2.87. The van der Waals surface area contributed by atoms with Crippen LogP contribution < -0.4 is 5.32 Å². The van der Waals surface area contributed by atoms with Gasteiger partial charge in [-0.15, -0.1) is 0 Å². The van der Waals surface area contributed by atoms with E-state index >= 15 is 0 Å². The van der Waals surface area contributed by atoms with Crippen molar-refractivity contribution in [1.29, 1.82) is 0 Å². The van der Waals surface area contributed by atoms with Crippen LogP contribution in [0.15, 0.2) is 27.7 Å². The van der Waals surface area contributed by atoms with Gasteiger partial charge in [-0.2, -0.15) is 0 Å². The second kappa shape index (κ2) is 10.7. The summed E-state index contributed by atoms with van der Waals surface area (Å²) in [5.41, 5.74) is 0.617. The number of benzene rings is 1. The number of halogens is 2. The van der Waals surface area contributed by atoms with E-state index in [1.807, 2.05) is 0 Å². The maximum Gasteiger partial charge on any atom is 0.193 e. The molecule has 0 spiro atoms. The molecule has 0 aliphatic carbocycles. The summed E-state index contributed by atoms with van der Waals surface area (Å²) >= 11 is 3.38. The Labute approximate surface area is 157 Å². The molecular weight excluding hydrogens is 389 g/mol. The largest absolute Gasteiger partial charge is 0.385 e. The van der Waals surface area contributed by atoms with Crippen molar-refractivity contribution in [2.24, 2.45) is 4.99 Å². The van der Waals surface area contributed by atoms with Crippen LogP contribution in [0.25, 0.3) is 0 Å². The van der Waals surface area contributed by atoms with E-state index in [2.05, 4.69) is 31.1 Å². The molecule has 7 heteroatoms. The van der Waals surface area contributed by atoms with E-state index in [0.717, 1.165) is 56.0 Å². The molecule has 0 radical (unpaired) electrons. The minimum Gasteiger partial charge on any atom is -0.385 e. The Morgan fingerprint density at radius 3 is 2.80 bits per heavy atom. The van der Waals surface area contributed by atoms with Crippen LogP contribution in [0.2, 0.25) is 0 Å². The summed E-state index contributed by atoms with van der Waals surface area (Å²) in [6.07, 6.45) is 3.17. The van der Waals surface area contributed by atoms with Crippen LogP contribution in [0, 0.1) is 5.82 Å². The third-order valence-electron chi connectivity index (χ3n) is 4.24. The van der Waals surface area contributed by atoms with Gasteiger partial charge in [-0.3, -0.25) is 4.99 Å². The van der Waals surface area contributed by atoms with Gasteiger partial charge in [0.25, 0.3) is 0 Å². The lowest BCUT2D eigenvalue weighted by atomic mass is 10.1. The van der Waals surface area contributed by atoms with E-state index < -0.39 is 0 Å². The van der Waals surface area contributed by atoms with Gasteiger partial charge >= 0.3 is 0 Å². The maximum atomic E-state index is 13.9. The monoisotopic (exact) mass is 415 g/mol. The lowest BCUT2D eigenvalue weighted by Crippen LogP contribution is -2.46. The summed E-state index contributed by atoms with van der Waals surface area (Å²) in [6, 6.07) is 4.96. The van der Waals surface area contributed by atoms with Crippen LogP contribution in [0.5, 0.6) is 0 Å². The van der Waals surface area contributed by atoms with E-state index in [1.54, 1.807) is 26.3 Å². The summed E-state index contributed by atoms with van der Waals surface area (Å²) in [6.45, 7) is 3.66. The molecule has 1 heterocycles. The zero-order valence-corrected chi connectivity index (χ0v) is 16.5. The van der Waals surface area contributed by atoms with Gasteiger partial charge in [-0.25, -0.2) is 4.39 Å². The first-order valence-corrected chi connectivity index (χ1v) is 9.43. The fraction of sp³-hybridized carbons (Fsp3) is 0.611. The highest BCUT2D eigenvalue weighted by atomic mass is 79.9. The number of ether oxygens (including phenoxy) is 2. The minimum atomic E-state index is -0.214. The number of aliphatic imine (C=N–C) groups is 1. The Balaban J connectivity index is 1.77. The third kappa shape index (κ3) is 6.56. The lowest BCUT2D eigenvalue weighted by molar-refractivity contribution is 0.00989. The van der Waals surface area contributed by atoms with Crippen molar-refractivity contribution in [2.75, 3.05) is 40.5 Å². The Kier molecular flexibility index (Phi) is 8.64. The Morgan fingerprint density at radius 1 is 1.36 bits per heavy atom. The molecular formula is C18H27BrFN3O2. The highest BCUT2D eigenvalue weighted by Gasteiger charge is 2.21. The van der Waals surface area contributed by atoms with Crippen LogP contribution in [0.4, 0.5) is 4.39 Å². The van der Waals surface area contributed by atoms with Crippen molar-refractivity contribution >= 4 is 21.9 Å². The topological polar surface area (TPSA) is 46.1 Å². The molecule has 0 bridgehead atoms. The van der Waals surface area contributed by atoms with Gasteiger partial charge in [0.05, 0.1) is 6.10 Å². The molecule has 0 saturated carbocycles. The van der Waals surface area contributed by atoms with Crippen LogP contribution in [-0.2, 0) is 16.0 Å². The van der Waals surface area contributed by atoms with E-state index in [4.69, 9.17) is 9.47 Å². The number of nitrogens with zero attached hydrogens (tertiary/aromatic N) is 2. The minimum absolute atomic E-state index is 0.214. The van der Waals surface area contributed by atoms with Gasteiger partial charge in [0.2, 0.25) is 0 Å². The summed E-state index contributed by atoms with van der Waals surface area (Å²) in [5, 5.41) is 3.26. The van der Waals surface area contributed by atoms with Crippen molar-refractivity contribution in [3.8, 4) is 0 Å².